The van der Waals surface area contributed by atoms with E-state index in [1.807, 2.05) is 11.8 Å². The molecule has 2 heterocycles. The number of urea groups is 1. The number of ether oxygens (including phenoxy) is 4. The molecule has 0 aromatic heterocycles. The van der Waals surface area contributed by atoms with Gasteiger partial charge in [-0.05, 0) is 19.3 Å². The van der Waals surface area contributed by atoms with Gasteiger partial charge >= 0.3 is 6.03 Å². The SMILES string of the molecule is C#CCC(=O)CCOCCOCCOCCOCCCC(=O)CCCC[C@@H]1SC[C@@H]2NC(=O)N[C@@H]21. The van der Waals surface area contributed by atoms with E-state index in [9.17, 15) is 14.4 Å². The fourth-order valence-electron chi connectivity index (χ4n) is 3.96. The molecule has 0 saturated carbocycles. The van der Waals surface area contributed by atoms with Gasteiger partial charge in [0.05, 0.1) is 64.8 Å². The van der Waals surface area contributed by atoms with Gasteiger partial charge in [-0.2, -0.15) is 11.8 Å². The van der Waals surface area contributed by atoms with Crippen molar-refractivity contribution in [2.24, 2.45) is 0 Å². The van der Waals surface area contributed by atoms with E-state index < -0.39 is 0 Å². The van der Waals surface area contributed by atoms with Gasteiger partial charge in [0.1, 0.15) is 11.6 Å². The zero-order valence-corrected chi connectivity index (χ0v) is 21.4. The zero-order valence-electron chi connectivity index (χ0n) is 20.6. The summed E-state index contributed by atoms with van der Waals surface area (Å²) in [5.41, 5.74) is 0. The highest BCUT2D eigenvalue weighted by molar-refractivity contribution is 8.00. The Morgan fingerprint density at radius 1 is 0.829 bits per heavy atom. The van der Waals surface area contributed by atoms with Gasteiger partial charge in [-0.3, -0.25) is 9.59 Å². The minimum absolute atomic E-state index is 0.0128. The van der Waals surface area contributed by atoms with E-state index in [-0.39, 0.29) is 36.1 Å². The van der Waals surface area contributed by atoms with Gasteiger partial charge in [0.25, 0.3) is 0 Å². The summed E-state index contributed by atoms with van der Waals surface area (Å²) in [5.74, 6) is 3.59. The molecule has 2 amide bonds. The van der Waals surface area contributed by atoms with Gasteiger partial charge in [0, 0.05) is 36.9 Å². The van der Waals surface area contributed by atoms with Crippen LogP contribution in [-0.2, 0) is 28.5 Å². The predicted octanol–water partition coefficient (Wildman–Crippen LogP) is 2.11. The van der Waals surface area contributed by atoms with E-state index in [1.54, 1.807) is 0 Å². The lowest BCUT2D eigenvalue weighted by Gasteiger charge is -2.16. The number of thioether (sulfide) groups is 1. The van der Waals surface area contributed by atoms with Crippen LogP contribution < -0.4 is 10.6 Å². The van der Waals surface area contributed by atoms with Crippen LogP contribution in [0.4, 0.5) is 4.79 Å². The zero-order chi connectivity index (χ0) is 25.1. The second kappa shape index (κ2) is 18.6. The summed E-state index contributed by atoms with van der Waals surface area (Å²) in [6.07, 6.45) is 10.4. The van der Waals surface area contributed by atoms with Crippen LogP contribution in [0.3, 0.4) is 0 Å². The van der Waals surface area contributed by atoms with E-state index in [0.717, 1.165) is 31.4 Å². The fourth-order valence-corrected chi connectivity index (χ4v) is 5.50. The lowest BCUT2D eigenvalue weighted by Crippen LogP contribution is -2.36. The Morgan fingerprint density at radius 3 is 2.14 bits per heavy atom. The molecule has 2 saturated heterocycles. The van der Waals surface area contributed by atoms with Gasteiger partial charge in [0.2, 0.25) is 0 Å². The van der Waals surface area contributed by atoms with Crippen LogP contribution >= 0.6 is 11.8 Å². The predicted molar refractivity (Wildman–Crippen MR) is 135 cm³/mol. The Hall–Kier alpha value is -1.64. The van der Waals surface area contributed by atoms with Crippen molar-refractivity contribution in [1.82, 2.24) is 10.6 Å². The lowest BCUT2D eigenvalue weighted by atomic mass is 10.0. The number of unbranched alkanes of at least 4 members (excludes halogenated alkanes) is 1. The van der Waals surface area contributed by atoms with Crippen molar-refractivity contribution in [3.05, 3.63) is 0 Å². The molecule has 0 spiro atoms. The van der Waals surface area contributed by atoms with E-state index in [4.69, 9.17) is 25.4 Å². The third-order valence-electron chi connectivity index (χ3n) is 5.82. The number of carbonyl (C=O) groups excluding carboxylic acids is 3. The first-order valence-electron chi connectivity index (χ1n) is 12.6. The summed E-state index contributed by atoms with van der Waals surface area (Å²) in [6, 6.07) is 0.452. The number of carbonyl (C=O) groups is 3. The van der Waals surface area contributed by atoms with Gasteiger partial charge in [0.15, 0.2) is 0 Å². The Morgan fingerprint density at radius 2 is 1.46 bits per heavy atom. The fraction of sp³-hybridized carbons (Fsp3) is 0.800. The Labute approximate surface area is 213 Å². The molecular formula is C25H40N2O7S. The Balaban J connectivity index is 1.27. The minimum Gasteiger partial charge on any atom is -0.379 e. The van der Waals surface area contributed by atoms with Crippen LogP contribution in [0, 0.1) is 12.3 Å². The number of rotatable bonds is 22. The number of Topliss-reactive ketones (excluding diaryl/α,β-unsaturated/α-hetero) is 2. The van der Waals surface area contributed by atoms with Crippen molar-refractivity contribution in [3.8, 4) is 12.3 Å². The minimum atomic E-state index is -0.0511. The smallest absolute Gasteiger partial charge is 0.315 e. The summed E-state index contributed by atoms with van der Waals surface area (Å²) in [6.45, 7) is 3.74. The first-order chi connectivity index (χ1) is 17.1. The molecule has 9 nitrogen and oxygen atoms in total. The Bertz CT molecular complexity index is 685. The monoisotopic (exact) mass is 512 g/mol. The van der Waals surface area contributed by atoms with Crippen LogP contribution in [0.5, 0.6) is 0 Å². The maximum Gasteiger partial charge on any atom is 0.315 e. The summed E-state index contributed by atoms with van der Waals surface area (Å²) in [7, 11) is 0. The maximum absolute atomic E-state index is 12.0. The number of nitrogens with one attached hydrogen (secondary N) is 2. The van der Waals surface area contributed by atoms with Crippen LogP contribution in [-0.4, -0.2) is 93.5 Å². The van der Waals surface area contributed by atoms with Crippen LogP contribution in [0.25, 0.3) is 0 Å². The van der Waals surface area contributed by atoms with Crippen molar-refractivity contribution in [1.29, 1.82) is 0 Å². The molecule has 2 fully saturated rings. The van der Waals surface area contributed by atoms with Gasteiger partial charge in [-0.1, -0.05) is 12.3 Å². The van der Waals surface area contributed by atoms with Crippen molar-refractivity contribution in [3.63, 3.8) is 0 Å². The normalized spacial score (nSPS) is 20.8. The van der Waals surface area contributed by atoms with Crippen LogP contribution in [0.15, 0.2) is 0 Å². The number of hydrogen-bond acceptors (Lipinski definition) is 8. The quantitative estimate of drug-likeness (QED) is 0.129. The third kappa shape index (κ3) is 13.3. The standard InChI is InChI=1S/C25H40N2O7S/c1-2-6-20(28)10-12-32-14-16-34-18-17-33-15-13-31-11-5-8-21(29)7-3-4-9-23-24-22(19-35-23)26-25(30)27-24/h1,22-24H,3-19H2,(H2,26,27,30)/t22-,23-,24-/m0/s1. The molecule has 198 valence electrons. The summed E-state index contributed by atoms with van der Waals surface area (Å²) >= 11 is 1.91. The average Bonchev–Trinajstić information content (AvgIpc) is 3.38. The number of hydrogen-bond donors (Lipinski definition) is 2. The molecule has 2 aliphatic rings. The molecule has 0 bridgehead atoms. The van der Waals surface area contributed by atoms with Gasteiger partial charge in [-0.25, -0.2) is 4.79 Å². The molecule has 3 atom stereocenters. The molecular weight excluding hydrogens is 472 g/mol. The van der Waals surface area contributed by atoms with E-state index in [2.05, 4.69) is 16.6 Å². The highest BCUT2D eigenvalue weighted by Crippen LogP contribution is 2.33. The molecule has 0 aromatic rings. The molecule has 0 radical (unpaired) electrons. The van der Waals surface area contributed by atoms with Crippen LogP contribution in [0.1, 0.15) is 51.4 Å². The van der Waals surface area contributed by atoms with Crippen molar-refractivity contribution in [2.45, 2.75) is 68.7 Å². The molecule has 2 N–H and O–H groups in total. The first-order valence-corrected chi connectivity index (χ1v) is 13.6. The number of ketones is 2. The summed E-state index contributed by atoms with van der Waals surface area (Å²) in [4.78, 5) is 34.7. The third-order valence-corrected chi connectivity index (χ3v) is 7.33. The topological polar surface area (TPSA) is 112 Å². The number of terminal acetylenes is 1. The maximum atomic E-state index is 12.0. The number of fused-ring (bicyclic) bond motifs is 1. The highest BCUT2D eigenvalue weighted by Gasteiger charge is 2.42. The highest BCUT2D eigenvalue weighted by atomic mass is 32.2. The molecule has 2 aliphatic heterocycles. The van der Waals surface area contributed by atoms with E-state index in [1.165, 1.54) is 0 Å². The molecule has 35 heavy (non-hydrogen) atoms. The van der Waals surface area contributed by atoms with E-state index >= 15 is 0 Å². The average molecular weight is 513 g/mol. The summed E-state index contributed by atoms with van der Waals surface area (Å²) in [5, 5.41) is 6.42. The van der Waals surface area contributed by atoms with Crippen molar-refractivity contribution >= 4 is 29.4 Å². The molecule has 0 aliphatic carbocycles. The van der Waals surface area contributed by atoms with Crippen LogP contribution in [0.2, 0.25) is 0 Å². The lowest BCUT2D eigenvalue weighted by molar-refractivity contribution is -0.120. The molecule has 10 heteroatoms. The second-order valence-corrected chi connectivity index (χ2v) is 9.90. The molecule has 0 aromatic carbocycles. The largest absolute Gasteiger partial charge is 0.379 e. The van der Waals surface area contributed by atoms with Gasteiger partial charge < -0.3 is 29.6 Å². The molecule has 2 rings (SSSR count). The summed E-state index contributed by atoms with van der Waals surface area (Å²) < 4.78 is 21.6. The molecule has 0 unspecified atom stereocenters. The second-order valence-electron chi connectivity index (χ2n) is 8.63. The van der Waals surface area contributed by atoms with Crippen molar-refractivity contribution < 1.29 is 33.3 Å². The van der Waals surface area contributed by atoms with Gasteiger partial charge in [-0.15, -0.1) is 6.42 Å². The van der Waals surface area contributed by atoms with E-state index in [0.29, 0.717) is 77.4 Å². The number of amides is 2. The Kier molecular flexibility index (Phi) is 15.7. The van der Waals surface area contributed by atoms with Crippen molar-refractivity contribution in [2.75, 3.05) is 58.6 Å². The first kappa shape index (κ1) is 29.6.